The second-order valence-corrected chi connectivity index (χ2v) is 4.61. The molecule has 0 aliphatic rings. The fourth-order valence-electron chi connectivity index (χ4n) is 1.83. The van der Waals surface area contributed by atoms with Gasteiger partial charge in [-0.1, -0.05) is 17.7 Å². The van der Waals surface area contributed by atoms with Crippen molar-refractivity contribution in [2.75, 3.05) is 11.1 Å². The number of hydrogen-bond donors (Lipinski definition) is 2. The van der Waals surface area contributed by atoms with E-state index in [1.165, 1.54) is 10.6 Å². The summed E-state index contributed by atoms with van der Waals surface area (Å²) in [5, 5.41) is 2.96. The van der Waals surface area contributed by atoms with E-state index in [2.05, 4.69) is 5.32 Å². The number of nitrogens with zero attached hydrogens (tertiary/aromatic N) is 1. The van der Waals surface area contributed by atoms with E-state index in [0.29, 0.717) is 17.9 Å². The molecular weight excluding hydrogens is 278 g/mol. The molecule has 0 saturated heterocycles. The summed E-state index contributed by atoms with van der Waals surface area (Å²) in [6.07, 6.45) is 1.58. The van der Waals surface area contributed by atoms with E-state index < -0.39 is 5.91 Å². The molecule has 1 heterocycles. The summed E-state index contributed by atoms with van der Waals surface area (Å²) in [6.45, 7) is 2.37. The Bertz CT molecular complexity index is 690. The minimum absolute atomic E-state index is 0.122. The third-order valence-corrected chi connectivity index (χ3v) is 3.17. The van der Waals surface area contributed by atoms with Crippen molar-refractivity contribution in [3.8, 4) is 0 Å². The van der Waals surface area contributed by atoms with Gasteiger partial charge in [-0.2, -0.15) is 0 Å². The first-order valence-corrected chi connectivity index (χ1v) is 6.46. The van der Waals surface area contributed by atoms with Gasteiger partial charge in [-0.3, -0.25) is 9.59 Å². The highest BCUT2D eigenvalue weighted by atomic mass is 35.5. The molecule has 3 N–H and O–H groups in total. The lowest BCUT2D eigenvalue weighted by molar-refractivity contribution is 0.102. The normalized spacial score (nSPS) is 10.3. The van der Waals surface area contributed by atoms with Crippen molar-refractivity contribution >= 4 is 28.9 Å². The molecule has 1 aromatic carbocycles. The first kappa shape index (κ1) is 14.1. The molecule has 2 aromatic rings. The molecule has 0 radical (unpaired) electrons. The van der Waals surface area contributed by atoms with Gasteiger partial charge in [0.15, 0.2) is 0 Å². The summed E-state index contributed by atoms with van der Waals surface area (Å²) >= 11 is 5.98. The lowest BCUT2D eigenvalue weighted by Gasteiger charge is -2.10. The van der Waals surface area contributed by atoms with Crippen molar-refractivity contribution in [2.45, 2.75) is 13.5 Å². The maximum absolute atomic E-state index is 12.2. The third-order valence-electron chi connectivity index (χ3n) is 2.85. The van der Waals surface area contributed by atoms with Crippen molar-refractivity contribution in [3.63, 3.8) is 0 Å². The number of aryl methyl sites for hydroxylation is 1. The minimum atomic E-state index is -0.408. The zero-order valence-corrected chi connectivity index (χ0v) is 11.6. The standard InChI is InChI=1S/C14H14ClN3O2/c1-2-18-8-9(6-7-12(18)19)17-14(20)13-10(15)4-3-5-11(13)16/h3-8H,2,16H2,1H3,(H,17,20). The summed E-state index contributed by atoms with van der Waals surface area (Å²) in [5.41, 5.74) is 6.67. The lowest BCUT2D eigenvalue weighted by Crippen LogP contribution is -2.20. The Balaban J connectivity index is 2.30. The summed E-state index contributed by atoms with van der Waals surface area (Å²) in [6, 6.07) is 7.81. The number of nitrogens with two attached hydrogens (primary N) is 1. The van der Waals surface area contributed by atoms with Crippen LogP contribution in [0.25, 0.3) is 0 Å². The van der Waals surface area contributed by atoms with Crippen LogP contribution in [0.1, 0.15) is 17.3 Å². The van der Waals surface area contributed by atoms with Gasteiger partial charge in [-0.05, 0) is 25.1 Å². The lowest BCUT2D eigenvalue weighted by atomic mass is 10.1. The quantitative estimate of drug-likeness (QED) is 0.852. The molecule has 0 atom stereocenters. The molecule has 0 unspecified atom stereocenters. The highest BCUT2D eigenvalue weighted by Crippen LogP contribution is 2.22. The Kier molecular flexibility index (Phi) is 4.10. The van der Waals surface area contributed by atoms with Gasteiger partial charge in [0, 0.05) is 24.5 Å². The fourth-order valence-corrected chi connectivity index (χ4v) is 2.09. The van der Waals surface area contributed by atoms with Gasteiger partial charge >= 0.3 is 0 Å². The maximum Gasteiger partial charge on any atom is 0.259 e. The van der Waals surface area contributed by atoms with Crippen molar-refractivity contribution in [1.29, 1.82) is 0 Å². The summed E-state index contributed by atoms with van der Waals surface area (Å²) in [4.78, 5) is 23.7. The predicted octanol–water partition coefficient (Wildman–Crippen LogP) is 2.36. The van der Waals surface area contributed by atoms with E-state index in [1.807, 2.05) is 6.92 Å². The van der Waals surface area contributed by atoms with E-state index >= 15 is 0 Å². The van der Waals surface area contributed by atoms with Crippen LogP contribution in [-0.4, -0.2) is 10.5 Å². The highest BCUT2D eigenvalue weighted by Gasteiger charge is 2.14. The van der Waals surface area contributed by atoms with Gasteiger partial charge in [-0.25, -0.2) is 0 Å². The first-order chi connectivity index (χ1) is 9.52. The van der Waals surface area contributed by atoms with Gasteiger partial charge in [-0.15, -0.1) is 0 Å². The van der Waals surface area contributed by atoms with Crippen molar-refractivity contribution in [3.05, 3.63) is 57.5 Å². The molecule has 0 fully saturated rings. The number of anilines is 2. The van der Waals surface area contributed by atoms with Gasteiger partial charge < -0.3 is 15.6 Å². The molecule has 20 heavy (non-hydrogen) atoms. The average Bonchev–Trinajstić information content (AvgIpc) is 2.40. The highest BCUT2D eigenvalue weighted by molar-refractivity contribution is 6.35. The topological polar surface area (TPSA) is 77.1 Å². The zero-order chi connectivity index (χ0) is 14.7. The molecule has 0 aliphatic heterocycles. The van der Waals surface area contributed by atoms with Crippen LogP contribution in [0, 0.1) is 0 Å². The number of amides is 1. The average molecular weight is 292 g/mol. The Morgan fingerprint density at radius 1 is 1.35 bits per heavy atom. The molecule has 2 rings (SSSR count). The van der Waals surface area contributed by atoms with E-state index in [9.17, 15) is 9.59 Å². The number of nitrogens with one attached hydrogen (secondary N) is 1. The Labute approximate surface area is 121 Å². The number of rotatable bonds is 3. The van der Waals surface area contributed by atoms with Crippen molar-refractivity contribution < 1.29 is 4.79 Å². The Morgan fingerprint density at radius 2 is 2.10 bits per heavy atom. The smallest absolute Gasteiger partial charge is 0.259 e. The van der Waals surface area contributed by atoms with E-state index in [-0.39, 0.29) is 16.1 Å². The number of carbonyl (C=O) groups is 1. The number of pyridine rings is 1. The largest absolute Gasteiger partial charge is 0.398 e. The number of halogens is 1. The summed E-state index contributed by atoms with van der Waals surface area (Å²) < 4.78 is 1.49. The van der Waals surface area contributed by atoms with E-state index in [0.717, 1.165) is 0 Å². The van der Waals surface area contributed by atoms with Gasteiger partial charge in [0.05, 0.1) is 16.3 Å². The molecule has 5 nitrogen and oxygen atoms in total. The predicted molar refractivity (Wildman–Crippen MR) is 80.2 cm³/mol. The van der Waals surface area contributed by atoms with Gasteiger partial charge in [0.1, 0.15) is 0 Å². The summed E-state index contributed by atoms with van der Waals surface area (Å²) in [5.74, 6) is -0.408. The molecule has 1 amide bonds. The number of nitrogen functional groups attached to an aromatic ring is 1. The summed E-state index contributed by atoms with van der Waals surface area (Å²) in [7, 11) is 0. The van der Waals surface area contributed by atoms with Crippen LogP contribution < -0.4 is 16.6 Å². The number of aromatic nitrogens is 1. The van der Waals surface area contributed by atoms with Crippen LogP contribution in [0.2, 0.25) is 5.02 Å². The third kappa shape index (κ3) is 2.83. The SMILES string of the molecule is CCn1cc(NC(=O)c2c(N)cccc2Cl)ccc1=O. The van der Waals surface area contributed by atoms with Crippen LogP contribution in [0.4, 0.5) is 11.4 Å². The van der Waals surface area contributed by atoms with Crippen LogP contribution in [0.3, 0.4) is 0 Å². The number of carbonyl (C=O) groups excluding carboxylic acids is 1. The minimum Gasteiger partial charge on any atom is -0.398 e. The van der Waals surface area contributed by atoms with Crippen LogP contribution in [-0.2, 0) is 6.54 Å². The first-order valence-electron chi connectivity index (χ1n) is 6.08. The maximum atomic E-state index is 12.2. The second kappa shape index (κ2) is 5.79. The molecule has 0 saturated carbocycles. The molecule has 0 bridgehead atoms. The van der Waals surface area contributed by atoms with Crippen LogP contribution >= 0.6 is 11.6 Å². The molecule has 0 spiro atoms. The molecular formula is C14H14ClN3O2. The Morgan fingerprint density at radius 3 is 2.75 bits per heavy atom. The Hall–Kier alpha value is -2.27. The van der Waals surface area contributed by atoms with E-state index in [1.54, 1.807) is 30.5 Å². The number of benzene rings is 1. The monoisotopic (exact) mass is 291 g/mol. The fraction of sp³-hybridized carbons (Fsp3) is 0.143. The molecule has 1 aromatic heterocycles. The van der Waals surface area contributed by atoms with Crippen LogP contribution in [0.15, 0.2) is 41.3 Å². The molecule has 0 aliphatic carbocycles. The zero-order valence-electron chi connectivity index (χ0n) is 10.9. The number of hydrogen-bond acceptors (Lipinski definition) is 3. The van der Waals surface area contributed by atoms with Gasteiger partial charge in [0.2, 0.25) is 0 Å². The molecule has 6 heteroatoms. The van der Waals surface area contributed by atoms with Crippen LogP contribution in [0.5, 0.6) is 0 Å². The van der Waals surface area contributed by atoms with Crippen molar-refractivity contribution in [1.82, 2.24) is 4.57 Å². The molecule has 104 valence electrons. The van der Waals surface area contributed by atoms with E-state index in [4.69, 9.17) is 17.3 Å². The van der Waals surface area contributed by atoms with Crippen molar-refractivity contribution in [2.24, 2.45) is 0 Å². The van der Waals surface area contributed by atoms with Gasteiger partial charge in [0.25, 0.3) is 11.5 Å². The second-order valence-electron chi connectivity index (χ2n) is 4.20.